The van der Waals surface area contributed by atoms with Crippen LogP contribution in [0.5, 0.6) is 0 Å². The molecule has 72 valence electrons. The van der Waals surface area contributed by atoms with E-state index in [-0.39, 0.29) is 0 Å². The van der Waals surface area contributed by atoms with Crippen molar-refractivity contribution in [2.45, 2.75) is 31.5 Å². The molecule has 0 radical (unpaired) electrons. The summed E-state index contributed by atoms with van der Waals surface area (Å²) in [5, 5.41) is 0. The Balaban J connectivity index is 2.70. The van der Waals surface area contributed by atoms with Gasteiger partial charge in [-0.1, -0.05) is 44.8 Å². The summed E-state index contributed by atoms with van der Waals surface area (Å²) in [6.45, 7) is 4.36. The first-order chi connectivity index (χ1) is 6.09. The molecule has 0 aliphatic rings. The summed E-state index contributed by atoms with van der Waals surface area (Å²) in [6.07, 6.45) is 2.34. The van der Waals surface area contributed by atoms with Crippen molar-refractivity contribution in [1.29, 1.82) is 0 Å². The SMILES string of the molecule is Cc1ccc(Br)cc1CCC(C)Br. The molecular formula is C11H14Br2. The molecule has 0 aliphatic heterocycles. The van der Waals surface area contributed by atoms with Crippen molar-refractivity contribution in [2.75, 3.05) is 0 Å². The highest BCUT2D eigenvalue weighted by Crippen LogP contribution is 2.19. The molecule has 0 bridgehead atoms. The Kier molecular flexibility index (Phi) is 4.47. The lowest BCUT2D eigenvalue weighted by molar-refractivity contribution is 0.817. The van der Waals surface area contributed by atoms with Gasteiger partial charge < -0.3 is 0 Å². The van der Waals surface area contributed by atoms with Crippen molar-refractivity contribution in [1.82, 2.24) is 0 Å². The van der Waals surface area contributed by atoms with E-state index in [1.54, 1.807) is 0 Å². The van der Waals surface area contributed by atoms with Gasteiger partial charge in [-0.15, -0.1) is 0 Å². The van der Waals surface area contributed by atoms with Gasteiger partial charge >= 0.3 is 0 Å². The third-order valence-corrected chi connectivity index (χ3v) is 3.07. The normalized spacial score (nSPS) is 12.9. The Hall–Kier alpha value is 0.180. The molecule has 0 fully saturated rings. The first kappa shape index (κ1) is 11.3. The van der Waals surface area contributed by atoms with Crippen molar-refractivity contribution in [3.63, 3.8) is 0 Å². The average Bonchev–Trinajstić information content (AvgIpc) is 2.06. The van der Waals surface area contributed by atoms with Crippen molar-refractivity contribution in [3.8, 4) is 0 Å². The topological polar surface area (TPSA) is 0 Å². The molecule has 0 amide bonds. The Bertz CT molecular complexity index is 279. The molecule has 2 heteroatoms. The van der Waals surface area contributed by atoms with Gasteiger partial charge in [0.25, 0.3) is 0 Å². The molecule has 0 aliphatic carbocycles. The van der Waals surface area contributed by atoms with Crippen molar-refractivity contribution in [2.24, 2.45) is 0 Å². The largest absolute Gasteiger partial charge is 0.0894 e. The van der Waals surface area contributed by atoms with Crippen LogP contribution in [0, 0.1) is 6.92 Å². The van der Waals surface area contributed by atoms with Gasteiger partial charge in [0.05, 0.1) is 0 Å². The Morgan fingerprint density at radius 2 is 2.08 bits per heavy atom. The summed E-state index contributed by atoms with van der Waals surface area (Å²) >= 11 is 7.05. The molecule has 1 aromatic carbocycles. The lowest BCUT2D eigenvalue weighted by Gasteiger charge is -2.07. The number of rotatable bonds is 3. The highest BCUT2D eigenvalue weighted by molar-refractivity contribution is 9.10. The Labute approximate surface area is 97.0 Å². The average molecular weight is 306 g/mol. The van der Waals surface area contributed by atoms with Crippen molar-refractivity contribution < 1.29 is 0 Å². The molecule has 1 rings (SSSR count). The lowest BCUT2D eigenvalue weighted by Crippen LogP contribution is -1.96. The molecule has 0 nitrogen and oxygen atoms in total. The van der Waals surface area contributed by atoms with Gasteiger partial charge in [-0.2, -0.15) is 0 Å². The van der Waals surface area contributed by atoms with E-state index in [1.165, 1.54) is 22.0 Å². The van der Waals surface area contributed by atoms with Gasteiger partial charge in [0.2, 0.25) is 0 Å². The predicted octanol–water partition coefficient (Wildman–Crippen LogP) is 4.47. The fourth-order valence-corrected chi connectivity index (χ4v) is 1.90. The summed E-state index contributed by atoms with van der Waals surface area (Å²) in [5.74, 6) is 0. The fraction of sp³-hybridized carbons (Fsp3) is 0.455. The second-order valence-electron chi connectivity index (χ2n) is 3.39. The van der Waals surface area contributed by atoms with E-state index in [9.17, 15) is 0 Å². The molecule has 0 aromatic heterocycles. The van der Waals surface area contributed by atoms with Gasteiger partial charge in [0.15, 0.2) is 0 Å². The minimum Gasteiger partial charge on any atom is -0.0894 e. The summed E-state index contributed by atoms with van der Waals surface area (Å²) in [5.41, 5.74) is 2.83. The second kappa shape index (κ2) is 5.16. The van der Waals surface area contributed by atoms with Crippen LogP contribution in [0.25, 0.3) is 0 Å². The highest BCUT2D eigenvalue weighted by Gasteiger charge is 2.01. The lowest BCUT2D eigenvalue weighted by atomic mass is 10.0. The zero-order chi connectivity index (χ0) is 9.84. The summed E-state index contributed by atoms with van der Waals surface area (Å²) in [7, 11) is 0. The van der Waals surface area contributed by atoms with Crippen LogP contribution in [0.15, 0.2) is 22.7 Å². The maximum atomic E-state index is 3.56. The number of hydrogen-bond acceptors (Lipinski definition) is 0. The van der Waals surface area contributed by atoms with Gasteiger partial charge in [0.1, 0.15) is 0 Å². The number of halogens is 2. The van der Waals surface area contributed by atoms with Crippen LogP contribution in [-0.2, 0) is 6.42 Å². The van der Waals surface area contributed by atoms with Crippen LogP contribution in [0.4, 0.5) is 0 Å². The van der Waals surface area contributed by atoms with Crippen LogP contribution < -0.4 is 0 Å². The summed E-state index contributed by atoms with van der Waals surface area (Å²) in [6, 6.07) is 6.47. The molecule has 0 saturated heterocycles. The van der Waals surface area contributed by atoms with E-state index in [0.29, 0.717) is 4.83 Å². The van der Waals surface area contributed by atoms with Gasteiger partial charge in [0, 0.05) is 9.30 Å². The molecule has 13 heavy (non-hydrogen) atoms. The van der Waals surface area contributed by atoms with Crippen molar-refractivity contribution in [3.05, 3.63) is 33.8 Å². The highest BCUT2D eigenvalue weighted by atomic mass is 79.9. The number of hydrogen-bond donors (Lipinski definition) is 0. The molecule has 1 unspecified atom stereocenters. The quantitative estimate of drug-likeness (QED) is 0.723. The van der Waals surface area contributed by atoms with Crippen molar-refractivity contribution >= 4 is 31.9 Å². The Morgan fingerprint density at radius 3 is 2.69 bits per heavy atom. The molecule has 0 heterocycles. The zero-order valence-electron chi connectivity index (χ0n) is 7.98. The molecular weight excluding hydrogens is 292 g/mol. The van der Waals surface area contributed by atoms with Gasteiger partial charge in [-0.3, -0.25) is 0 Å². The van der Waals surface area contributed by atoms with E-state index in [1.807, 2.05) is 0 Å². The van der Waals surface area contributed by atoms with Crippen LogP contribution in [0.3, 0.4) is 0 Å². The molecule has 0 saturated carbocycles. The van der Waals surface area contributed by atoms with E-state index < -0.39 is 0 Å². The van der Waals surface area contributed by atoms with E-state index in [0.717, 1.165) is 6.42 Å². The summed E-state index contributed by atoms with van der Waals surface area (Å²) in [4.78, 5) is 0.603. The standard InChI is InChI=1S/C11H14Br2/c1-8-3-6-11(13)7-10(8)5-4-9(2)12/h3,6-7,9H,4-5H2,1-2H3. The monoisotopic (exact) mass is 304 g/mol. The summed E-state index contributed by atoms with van der Waals surface area (Å²) < 4.78 is 1.18. The van der Waals surface area contributed by atoms with Crippen LogP contribution >= 0.6 is 31.9 Å². The number of benzene rings is 1. The second-order valence-corrected chi connectivity index (χ2v) is 5.87. The first-order valence-electron chi connectivity index (χ1n) is 4.48. The minimum absolute atomic E-state index is 0.603. The maximum Gasteiger partial charge on any atom is 0.0178 e. The number of alkyl halides is 1. The maximum absolute atomic E-state index is 3.56. The van der Waals surface area contributed by atoms with E-state index in [4.69, 9.17) is 0 Å². The molecule has 0 N–H and O–H groups in total. The number of aryl methyl sites for hydroxylation is 2. The first-order valence-corrected chi connectivity index (χ1v) is 6.19. The molecule has 0 spiro atoms. The third kappa shape index (κ3) is 3.82. The molecule has 1 atom stereocenters. The van der Waals surface area contributed by atoms with Gasteiger partial charge in [-0.05, 0) is 43.0 Å². The van der Waals surface area contributed by atoms with E-state index in [2.05, 4.69) is 63.9 Å². The Morgan fingerprint density at radius 1 is 1.38 bits per heavy atom. The fourth-order valence-electron chi connectivity index (χ4n) is 1.26. The van der Waals surface area contributed by atoms with E-state index >= 15 is 0 Å². The predicted molar refractivity (Wildman–Crippen MR) is 65.6 cm³/mol. The third-order valence-electron chi connectivity index (χ3n) is 2.12. The van der Waals surface area contributed by atoms with Crippen LogP contribution in [-0.4, -0.2) is 4.83 Å². The van der Waals surface area contributed by atoms with Gasteiger partial charge in [-0.25, -0.2) is 0 Å². The van der Waals surface area contributed by atoms with Crippen LogP contribution in [0.2, 0.25) is 0 Å². The smallest absolute Gasteiger partial charge is 0.0178 e. The minimum atomic E-state index is 0.603. The molecule has 1 aromatic rings. The van der Waals surface area contributed by atoms with Crippen LogP contribution in [0.1, 0.15) is 24.5 Å². The zero-order valence-corrected chi connectivity index (χ0v) is 11.2.